The van der Waals surface area contributed by atoms with Gasteiger partial charge < -0.3 is 4.74 Å². The van der Waals surface area contributed by atoms with Crippen LogP contribution in [0.15, 0.2) is 12.1 Å². The normalized spacial score (nSPS) is 10.0. The van der Waals surface area contributed by atoms with Gasteiger partial charge in [0.1, 0.15) is 0 Å². The molecule has 75 valence electrons. The van der Waals surface area contributed by atoms with Crippen molar-refractivity contribution in [2.75, 3.05) is 0 Å². The minimum atomic E-state index is -0.504. The molecule has 1 aromatic rings. The van der Waals surface area contributed by atoms with Crippen molar-refractivity contribution >= 4 is 40.8 Å². The van der Waals surface area contributed by atoms with Gasteiger partial charge >= 0.3 is 5.97 Å². The van der Waals surface area contributed by atoms with Gasteiger partial charge in [0.2, 0.25) is 0 Å². The van der Waals surface area contributed by atoms with E-state index in [9.17, 15) is 4.79 Å². The maximum atomic E-state index is 10.9. The van der Waals surface area contributed by atoms with E-state index in [-0.39, 0.29) is 22.2 Å². The fourth-order valence-electron chi connectivity index (χ4n) is 0.791. The van der Waals surface area contributed by atoms with Crippen molar-refractivity contribution in [3.05, 3.63) is 34.1 Å². The zero-order valence-corrected chi connectivity index (χ0v) is 9.29. The molecule has 2 nitrogen and oxygen atoms in total. The molecule has 0 aliphatic heterocycles. The van der Waals surface area contributed by atoms with Crippen LogP contribution in [0.4, 0.5) is 0 Å². The van der Waals surface area contributed by atoms with Gasteiger partial charge in [-0.25, -0.2) is 0 Å². The molecule has 1 radical (unpaired) electrons. The van der Waals surface area contributed by atoms with Crippen LogP contribution in [0.5, 0.6) is 5.75 Å². The summed E-state index contributed by atoms with van der Waals surface area (Å²) in [5, 5.41) is 0.781. The first kappa shape index (κ1) is 11.6. The number of benzene rings is 1. The standard InChI is InChI=1S/C9H6Cl3O2/c1-2-8(13)14-9-6(11)3-5(10)4-7(9)12/h3-4H,1-2H2. The Morgan fingerprint density at radius 3 is 2.21 bits per heavy atom. The molecule has 0 aromatic heterocycles. The van der Waals surface area contributed by atoms with Gasteiger partial charge in [-0.2, -0.15) is 0 Å². The van der Waals surface area contributed by atoms with E-state index in [4.69, 9.17) is 39.5 Å². The highest BCUT2D eigenvalue weighted by atomic mass is 35.5. The summed E-state index contributed by atoms with van der Waals surface area (Å²) in [6.07, 6.45) is 0.00921. The summed E-state index contributed by atoms with van der Waals surface area (Å²) < 4.78 is 4.86. The maximum Gasteiger partial charge on any atom is 0.311 e. The Morgan fingerprint density at radius 2 is 1.79 bits per heavy atom. The lowest BCUT2D eigenvalue weighted by Gasteiger charge is -2.07. The van der Waals surface area contributed by atoms with Crippen LogP contribution in [0.25, 0.3) is 0 Å². The minimum Gasteiger partial charge on any atom is -0.423 e. The van der Waals surface area contributed by atoms with E-state index < -0.39 is 5.97 Å². The molecular formula is C9H6Cl3O2. The largest absolute Gasteiger partial charge is 0.423 e. The van der Waals surface area contributed by atoms with Crippen molar-refractivity contribution in [3.8, 4) is 5.75 Å². The smallest absolute Gasteiger partial charge is 0.311 e. The molecule has 0 bridgehead atoms. The number of hydrogen-bond acceptors (Lipinski definition) is 2. The number of ether oxygens (including phenoxy) is 1. The van der Waals surface area contributed by atoms with Gasteiger partial charge in [0.25, 0.3) is 0 Å². The first-order valence-electron chi connectivity index (χ1n) is 3.69. The van der Waals surface area contributed by atoms with E-state index in [2.05, 4.69) is 6.92 Å². The van der Waals surface area contributed by atoms with Crippen LogP contribution in [0.3, 0.4) is 0 Å². The van der Waals surface area contributed by atoms with Gasteiger partial charge in [-0.15, -0.1) is 0 Å². The molecule has 1 aromatic carbocycles. The molecule has 0 aliphatic rings. The quantitative estimate of drug-likeness (QED) is 0.591. The van der Waals surface area contributed by atoms with Crippen LogP contribution >= 0.6 is 34.8 Å². The Morgan fingerprint density at radius 1 is 1.29 bits per heavy atom. The molecule has 14 heavy (non-hydrogen) atoms. The van der Waals surface area contributed by atoms with Gasteiger partial charge in [0, 0.05) is 11.4 Å². The van der Waals surface area contributed by atoms with Gasteiger partial charge in [0.15, 0.2) is 5.75 Å². The molecule has 0 aliphatic carbocycles. The van der Waals surface area contributed by atoms with E-state index >= 15 is 0 Å². The third kappa shape index (κ3) is 2.77. The number of hydrogen-bond donors (Lipinski definition) is 0. The second-order valence-corrected chi connectivity index (χ2v) is 3.67. The van der Waals surface area contributed by atoms with Crippen molar-refractivity contribution in [3.63, 3.8) is 0 Å². The first-order chi connectivity index (χ1) is 6.54. The number of rotatable bonds is 2. The summed E-state index contributed by atoms with van der Waals surface area (Å²) in [6, 6.07) is 2.89. The van der Waals surface area contributed by atoms with Crippen LogP contribution in [0, 0.1) is 6.92 Å². The highest BCUT2D eigenvalue weighted by Crippen LogP contribution is 2.35. The lowest BCUT2D eigenvalue weighted by molar-refractivity contribution is -0.133. The average Bonchev–Trinajstić information content (AvgIpc) is 2.10. The highest BCUT2D eigenvalue weighted by molar-refractivity contribution is 6.40. The van der Waals surface area contributed by atoms with Gasteiger partial charge in [-0.05, 0) is 19.1 Å². The summed E-state index contributed by atoms with van der Waals surface area (Å²) >= 11 is 17.2. The lowest BCUT2D eigenvalue weighted by Crippen LogP contribution is -2.06. The molecule has 0 heterocycles. The predicted octanol–water partition coefficient (Wildman–Crippen LogP) is 3.78. The minimum absolute atomic E-state index is 0.00921. The number of esters is 1. The van der Waals surface area contributed by atoms with Crippen LogP contribution in [-0.4, -0.2) is 5.97 Å². The summed E-state index contributed by atoms with van der Waals surface area (Å²) in [4.78, 5) is 10.9. The number of carbonyl (C=O) groups excluding carboxylic acids is 1. The zero-order valence-electron chi connectivity index (χ0n) is 7.02. The van der Waals surface area contributed by atoms with Crippen molar-refractivity contribution < 1.29 is 9.53 Å². The van der Waals surface area contributed by atoms with Gasteiger partial charge in [-0.3, -0.25) is 4.79 Å². The molecule has 1 rings (SSSR count). The molecular weight excluding hydrogens is 246 g/mol. The molecule has 0 fully saturated rings. The van der Waals surface area contributed by atoms with Crippen molar-refractivity contribution in [1.29, 1.82) is 0 Å². The molecule has 0 amide bonds. The maximum absolute atomic E-state index is 10.9. The fourth-order valence-corrected chi connectivity index (χ4v) is 1.69. The van der Waals surface area contributed by atoms with Crippen LogP contribution in [0.2, 0.25) is 15.1 Å². The molecule has 0 unspecified atom stereocenters. The Kier molecular flexibility index (Phi) is 4.05. The monoisotopic (exact) mass is 251 g/mol. The second-order valence-electron chi connectivity index (χ2n) is 2.42. The van der Waals surface area contributed by atoms with Crippen molar-refractivity contribution in [1.82, 2.24) is 0 Å². The summed E-state index contributed by atoms with van der Waals surface area (Å²) in [5.74, 6) is -0.387. The molecule has 5 heteroatoms. The zero-order chi connectivity index (χ0) is 10.7. The van der Waals surface area contributed by atoms with Gasteiger partial charge in [0.05, 0.1) is 10.0 Å². The molecule has 0 N–H and O–H groups in total. The highest BCUT2D eigenvalue weighted by Gasteiger charge is 2.12. The number of halogens is 3. The summed E-state index contributed by atoms with van der Waals surface area (Å²) in [7, 11) is 0. The third-order valence-corrected chi connectivity index (χ3v) is 2.16. The Labute approximate surface area is 96.7 Å². The molecule has 0 atom stereocenters. The van der Waals surface area contributed by atoms with E-state index in [1.165, 1.54) is 12.1 Å². The topological polar surface area (TPSA) is 26.3 Å². The molecule has 0 spiro atoms. The van der Waals surface area contributed by atoms with Crippen LogP contribution in [0.1, 0.15) is 6.42 Å². The Hall–Kier alpha value is -0.440. The van der Waals surface area contributed by atoms with Crippen molar-refractivity contribution in [2.24, 2.45) is 0 Å². The third-order valence-electron chi connectivity index (χ3n) is 1.38. The van der Waals surface area contributed by atoms with Crippen LogP contribution in [-0.2, 0) is 4.79 Å². The predicted molar refractivity (Wildman–Crippen MR) is 57.1 cm³/mol. The summed E-state index contributed by atoms with van der Waals surface area (Å²) in [5.41, 5.74) is 0. The van der Waals surface area contributed by atoms with E-state index in [0.29, 0.717) is 5.02 Å². The fraction of sp³-hybridized carbons (Fsp3) is 0.111. The van der Waals surface area contributed by atoms with E-state index in [0.717, 1.165) is 0 Å². The van der Waals surface area contributed by atoms with Gasteiger partial charge in [-0.1, -0.05) is 34.8 Å². The first-order valence-corrected chi connectivity index (χ1v) is 4.82. The molecule has 0 saturated heterocycles. The van der Waals surface area contributed by atoms with E-state index in [1.807, 2.05) is 0 Å². The number of carbonyl (C=O) groups is 1. The summed E-state index contributed by atoms with van der Waals surface area (Å²) in [6.45, 7) is 3.37. The van der Waals surface area contributed by atoms with Crippen LogP contribution < -0.4 is 4.74 Å². The van der Waals surface area contributed by atoms with E-state index in [1.54, 1.807) is 0 Å². The Bertz CT molecular complexity index is 340. The lowest BCUT2D eigenvalue weighted by atomic mass is 10.3. The van der Waals surface area contributed by atoms with Crippen molar-refractivity contribution in [2.45, 2.75) is 6.42 Å². The second kappa shape index (κ2) is 4.87. The SMILES string of the molecule is [CH2]CC(=O)Oc1c(Cl)cc(Cl)cc1Cl. The average molecular weight is 253 g/mol. The molecule has 0 saturated carbocycles. The Balaban J connectivity index is 3.02.